The second kappa shape index (κ2) is 6.52. The quantitative estimate of drug-likeness (QED) is 0.714. The van der Waals surface area contributed by atoms with Gasteiger partial charge < -0.3 is 9.52 Å². The predicted molar refractivity (Wildman–Crippen MR) is 106 cm³/mol. The Morgan fingerprint density at radius 1 is 1.36 bits per heavy atom. The van der Waals surface area contributed by atoms with Crippen molar-refractivity contribution in [2.75, 3.05) is 12.3 Å². The van der Waals surface area contributed by atoms with Crippen molar-refractivity contribution in [2.45, 2.75) is 38.7 Å². The van der Waals surface area contributed by atoms with E-state index in [9.17, 15) is 18.3 Å². The van der Waals surface area contributed by atoms with Gasteiger partial charge in [-0.1, -0.05) is 19.9 Å². The minimum absolute atomic E-state index is 0.0543. The number of thiophene rings is 1. The van der Waals surface area contributed by atoms with Gasteiger partial charge in [-0.05, 0) is 47.8 Å². The van der Waals surface area contributed by atoms with Gasteiger partial charge >= 0.3 is 0 Å². The number of carbonyl (C=O) groups is 1. The maximum Gasteiger partial charge on any atom is 0.212 e. The SMILES string of the molecule is CC1(C)C2CCC1(CS(=O)(=O)NCC(O)(c1ccco1)c1cccs1)C(=O)C2. The van der Waals surface area contributed by atoms with E-state index >= 15 is 0 Å². The molecule has 8 heteroatoms. The van der Waals surface area contributed by atoms with E-state index in [1.165, 1.54) is 17.6 Å². The van der Waals surface area contributed by atoms with Gasteiger partial charge in [-0.25, -0.2) is 13.1 Å². The Kier molecular flexibility index (Phi) is 4.61. The van der Waals surface area contributed by atoms with E-state index in [2.05, 4.69) is 4.72 Å². The van der Waals surface area contributed by atoms with Gasteiger partial charge in [0.15, 0.2) is 5.60 Å². The molecule has 0 aliphatic heterocycles. The van der Waals surface area contributed by atoms with Crippen molar-refractivity contribution in [3.05, 3.63) is 46.5 Å². The van der Waals surface area contributed by atoms with Crippen LogP contribution in [0.5, 0.6) is 0 Å². The zero-order chi connectivity index (χ0) is 20.2. The van der Waals surface area contributed by atoms with Crippen molar-refractivity contribution in [2.24, 2.45) is 16.7 Å². The summed E-state index contributed by atoms with van der Waals surface area (Å²) >= 11 is 1.32. The van der Waals surface area contributed by atoms with Crippen molar-refractivity contribution in [3.63, 3.8) is 0 Å². The maximum atomic E-state index is 13.0. The second-order valence-corrected chi connectivity index (χ2v) is 11.3. The average molecular weight is 424 g/mol. The molecule has 0 radical (unpaired) electrons. The number of fused-ring (bicyclic) bond motifs is 2. The third-order valence-electron chi connectivity index (χ3n) is 6.98. The van der Waals surface area contributed by atoms with E-state index in [1.807, 2.05) is 19.2 Å². The zero-order valence-corrected chi connectivity index (χ0v) is 17.6. The Morgan fingerprint density at radius 3 is 2.68 bits per heavy atom. The molecular formula is C20H25NO5S2. The Labute approximate surface area is 169 Å². The fraction of sp³-hybridized carbons (Fsp3) is 0.550. The van der Waals surface area contributed by atoms with E-state index in [-0.39, 0.29) is 35.2 Å². The summed E-state index contributed by atoms with van der Waals surface area (Å²) < 4.78 is 33.9. The lowest BCUT2D eigenvalue weighted by Gasteiger charge is -2.36. The van der Waals surface area contributed by atoms with Crippen molar-refractivity contribution < 1.29 is 22.7 Å². The van der Waals surface area contributed by atoms with Crippen LogP contribution in [0.2, 0.25) is 0 Å². The lowest BCUT2D eigenvalue weighted by molar-refractivity contribution is -0.128. The number of hydrogen-bond acceptors (Lipinski definition) is 6. The molecule has 2 bridgehead atoms. The van der Waals surface area contributed by atoms with Crippen LogP contribution in [0.15, 0.2) is 40.3 Å². The fourth-order valence-corrected chi connectivity index (χ4v) is 7.71. The standard InChI is InChI=1S/C20H25NO5S2/c1-18(2)14-7-8-19(18,15(22)11-14)13-28(24,25)21-12-20(23,16-5-3-9-26-16)17-6-4-10-27-17/h3-6,9-10,14,21,23H,7-8,11-13H2,1-2H3. The summed E-state index contributed by atoms with van der Waals surface area (Å²) in [6, 6.07) is 6.81. The molecule has 0 saturated heterocycles. The summed E-state index contributed by atoms with van der Waals surface area (Å²) in [7, 11) is -3.80. The van der Waals surface area contributed by atoms with Gasteiger partial charge in [0, 0.05) is 16.7 Å². The molecule has 2 aliphatic rings. The molecule has 4 rings (SSSR count). The van der Waals surface area contributed by atoms with Crippen molar-refractivity contribution in [1.29, 1.82) is 0 Å². The molecule has 0 amide bonds. The van der Waals surface area contributed by atoms with E-state index in [4.69, 9.17) is 4.42 Å². The summed E-state index contributed by atoms with van der Waals surface area (Å²) in [5.41, 5.74) is -2.77. The van der Waals surface area contributed by atoms with E-state index in [0.29, 0.717) is 17.7 Å². The topological polar surface area (TPSA) is 96.6 Å². The van der Waals surface area contributed by atoms with Crippen LogP contribution in [0.25, 0.3) is 0 Å². The lowest BCUT2D eigenvalue weighted by Crippen LogP contribution is -2.48. The van der Waals surface area contributed by atoms with Crippen LogP contribution >= 0.6 is 11.3 Å². The number of carbonyl (C=O) groups excluding carboxylic acids is 1. The smallest absolute Gasteiger partial charge is 0.212 e. The summed E-state index contributed by atoms with van der Waals surface area (Å²) in [6.45, 7) is 3.77. The molecule has 2 heterocycles. The van der Waals surface area contributed by atoms with E-state index in [1.54, 1.807) is 24.3 Å². The summed E-state index contributed by atoms with van der Waals surface area (Å²) in [6.07, 6.45) is 3.41. The van der Waals surface area contributed by atoms with Crippen LogP contribution in [0, 0.1) is 16.7 Å². The Bertz CT molecular complexity index is 928. The highest BCUT2D eigenvalue weighted by Gasteiger charge is 2.65. The normalized spacial score (nSPS) is 28.5. The number of hydrogen-bond donors (Lipinski definition) is 2. The molecule has 0 spiro atoms. The molecule has 28 heavy (non-hydrogen) atoms. The first-order valence-electron chi connectivity index (χ1n) is 9.42. The molecule has 2 aromatic heterocycles. The summed E-state index contributed by atoms with van der Waals surface area (Å²) in [4.78, 5) is 13.3. The van der Waals surface area contributed by atoms with Gasteiger partial charge in [-0.2, -0.15) is 0 Å². The molecule has 2 aromatic rings. The maximum absolute atomic E-state index is 13.0. The highest BCUT2D eigenvalue weighted by atomic mass is 32.2. The van der Waals surface area contributed by atoms with Crippen LogP contribution < -0.4 is 4.72 Å². The number of Topliss-reactive ketones (excluding diaryl/α,β-unsaturated/α-hetero) is 1. The molecule has 0 aromatic carbocycles. The van der Waals surface area contributed by atoms with E-state index < -0.39 is 21.0 Å². The number of furan rings is 1. The van der Waals surface area contributed by atoms with Gasteiger partial charge in [-0.3, -0.25) is 4.79 Å². The third-order valence-corrected chi connectivity index (χ3v) is 9.46. The van der Waals surface area contributed by atoms with Crippen molar-refractivity contribution in [3.8, 4) is 0 Å². The minimum Gasteiger partial charge on any atom is -0.466 e. The molecule has 152 valence electrons. The van der Waals surface area contributed by atoms with Gasteiger partial charge in [0.2, 0.25) is 10.0 Å². The van der Waals surface area contributed by atoms with Crippen LogP contribution in [0.3, 0.4) is 0 Å². The summed E-state index contributed by atoms with van der Waals surface area (Å²) in [5, 5.41) is 13.1. The lowest BCUT2D eigenvalue weighted by atomic mass is 9.70. The largest absolute Gasteiger partial charge is 0.466 e. The first-order valence-corrected chi connectivity index (χ1v) is 11.9. The highest BCUT2D eigenvalue weighted by molar-refractivity contribution is 7.89. The average Bonchev–Trinajstić information content (AvgIpc) is 3.39. The molecule has 3 atom stereocenters. The van der Waals surface area contributed by atoms with Crippen LogP contribution in [0.1, 0.15) is 43.7 Å². The summed E-state index contributed by atoms with van der Waals surface area (Å²) in [5.74, 6) is 0.343. The number of nitrogens with one attached hydrogen (secondary N) is 1. The molecule has 2 aliphatic carbocycles. The van der Waals surface area contributed by atoms with Crippen LogP contribution in [0.4, 0.5) is 0 Å². The van der Waals surface area contributed by atoms with Gasteiger partial charge in [0.25, 0.3) is 0 Å². The number of aliphatic hydroxyl groups is 1. The monoisotopic (exact) mass is 423 g/mol. The van der Waals surface area contributed by atoms with Gasteiger partial charge in [0.05, 0.1) is 18.6 Å². The predicted octanol–water partition coefficient (Wildman–Crippen LogP) is 2.89. The third kappa shape index (κ3) is 2.89. The Balaban J connectivity index is 1.57. The highest BCUT2D eigenvalue weighted by Crippen LogP contribution is 2.64. The Hall–Kier alpha value is -1.48. The fourth-order valence-electron chi connectivity index (χ4n) is 5.02. The first kappa shape index (κ1) is 19.8. The van der Waals surface area contributed by atoms with Crippen LogP contribution in [-0.4, -0.2) is 31.6 Å². The van der Waals surface area contributed by atoms with Gasteiger partial charge in [-0.15, -0.1) is 11.3 Å². The molecule has 2 fully saturated rings. The van der Waals surface area contributed by atoms with Crippen molar-refractivity contribution in [1.82, 2.24) is 4.72 Å². The molecule has 2 N–H and O–H groups in total. The number of ketones is 1. The number of rotatable bonds is 7. The minimum atomic E-state index is -3.80. The molecule has 6 nitrogen and oxygen atoms in total. The molecule has 2 saturated carbocycles. The molecular weight excluding hydrogens is 398 g/mol. The second-order valence-electron chi connectivity index (χ2n) is 8.56. The van der Waals surface area contributed by atoms with E-state index in [0.717, 1.165) is 6.42 Å². The van der Waals surface area contributed by atoms with Gasteiger partial charge in [0.1, 0.15) is 11.5 Å². The zero-order valence-electron chi connectivity index (χ0n) is 16.0. The van der Waals surface area contributed by atoms with Crippen molar-refractivity contribution >= 4 is 27.1 Å². The molecule has 3 unspecified atom stereocenters. The first-order chi connectivity index (χ1) is 13.1. The number of sulfonamides is 1. The van der Waals surface area contributed by atoms with Crippen LogP contribution in [-0.2, 0) is 20.4 Å². The Morgan fingerprint density at radius 2 is 2.14 bits per heavy atom.